The minimum absolute atomic E-state index is 0.106. The molecule has 0 radical (unpaired) electrons. The van der Waals surface area contributed by atoms with E-state index in [4.69, 9.17) is 9.47 Å². The molecule has 1 aliphatic heterocycles. The largest absolute Gasteiger partial charge is 0.394 e. The molecular weight excluding hydrogens is 380 g/mol. The third-order valence-corrected chi connectivity index (χ3v) is 7.59. The van der Waals surface area contributed by atoms with Gasteiger partial charge in [0.1, 0.15) is 24.4 Å². The summed E-state index contributed by atoms with van der Waals surface area (Å²) in [7, 11) is 0. The molecule has 11 atom stereocenters. The van der Waals surface area contributed by atoms with Crippen molar-refractivity contribution in [3.63, 3.8) is 0 Å². The first-order valence-corrected chi connectivity index (χ1v) is 10.4. The van der Waals surface area contributed by atoms with Crippen LogP contribution in [0.4, 0.5) is 0 Å². The Kier molecular flexibility index (Phi) is 6.50. The van der Waals surface area contributed by atoms with Crippen LogP contribution in [0.25, 0.3) is 0 Å². The normalized spacial score (nSPS) is 53.3. The molecule has 0 amide bonds. The first kappa shape index (κ1) is 23.1. The zero-order chi connectivity index (χ0) is 21.7. The average Bonchev–Trinajstić information content (AvgIpc) is 2.63. The lowest BCUT2D eigenvalue weighted by atomic mass is 9.51. The summed E-state index contributed by atoms with van der Waals surface area (Å²) in [5.41, 5.74) is -0.642. The van der Waals surface area contributed by atoms with Crippen LogP contribution in [0, 0.1) is 17.3 Å². The van der Waals surface area contributed by atoms with E-state index in [0.29, 0.717) is 19.3 Å². The molecule has 0 bridgehead atoms. The molecule has 0 aromatic carbocycles. The summed E-state index contributed by atoms with van der Waals surface area (Å²) in [6.07, 6.45) is -5.65. The molecule has 29 heavy (non-hydrogen) atoms. The van der Waals surface area contributed by atoms with Gasteiger partial charge in [0.25, 0.3) is 0 Å². The predicted octanol–water partition coefficient (Wildman–Crippen LogP) is -0.314. The van der Waals surface area contributed by atoms with Gasteiger partial charge in [0.05, 0.1) is 24.4 Å². The minimum atomic E-state index is -1.53. The van der Waals surface area contributed by atoms with Crippen LogP contribution in [0.5, 0.6) is 0 Å². The van der Waals surface area contributed by atoms with Crippen molar-refractivity contribution in [2.24, 2.45) is 17.3 Å². The van der Waals surface area contributed by atoms with Crippen LogP contribution in [-0.4, -0.2) is 85.8 Å². The van der Waals surface area contributed by atoms with Gasteiger partial charge in [-0.2, -0.15) is 0 Å². The van der Waals surface area contributed by atoms with Crippen LogP contribution in [-0.2, 0) is 9.47 Å². The van der Waals surface area contributed by atoms with Crippen LogP contribution < -0.4 is 0 Å². The summed E-state index contributed by atoms with van der Waals surface area (Å²) in [6.45, 7) is 9.12. The van der Waals surface area contributed by atoms with E-state index in [0.717, 1.165) is 12.0 Å². The monoisotopic (exact) mass is 416 g/mol. The molecular formula is C21H36O8. The first-order chi connectivity index (χ1) is 13.4. The predicted molar refractivity (Wildman–Crippen MR) is 104 cm³/mol. The number of ether oxygens (including phenoxy) is 2. The number of fused-ring (bicyclic) bond motifs is 1. The molecule has 0 aromatic rings. The molecule has 6 N–H and O–H groups in total. The maximum atomic E-state index is 11.5. The van der Waals surface area contributed by atoms with Crippen LogP contribution >= 0.6 is 0 Å². The molecule has 8 nitrogen and oxygen atoms in total. The van der Waals surface area contributed by atoms with Gasteiger partial charge in [-0.3, -0.25) is 0 Å². The minimum Gasteiger partial charge on any atom is -0.394 e. The molecule has 0 spiro atoms. The topological polar surface area (TPSA) is 140 Å². The SMILES string of the molecule is C=C(C)[C@@H]1C[C@@H]2[C@](C)(CC[C@H](O[C@@H]3O[C@H](CO)[C@@H](O)[C@H](O)[C@H]3O)[C@@]2(C)O)C[C@H]1O. The molecule has 1 saturated heterocycles. The highest BCUT2D eigenvalue weighted by atomic mass is 16.7. The maximum Gasteiger partial charge on any atom is 0.187 e. The first-order valence-electron chi connectivity index (χ1n) is 10.4. The Labute approximate surface area is 171 Å². The number of rotatable bonds is 4. The molecule has 8 heteroatoms. The van der Waals surface area contributed by atoms with Gasteiger partial charge in [0.2, 0.25) is 0 Å². The van der Waals surface area contributed by atoms with E-state index in [1.54, 1.807) is 6.92 Å². The van der Waals surface area contributed by atoms with Crippen molar-refractivity contribution in [1.29, 1.82) is 0 Å². The number of hydrogen-bond acceptors (Lipinski definition) is 8. The fourth-order valence-corrected chi connectivity index (χ4v) is 5.73. The van der Waals surface area contributed by atoms with Gasteiger partial charge >= 0.3 is 0 Å². The molecule has 1 heterocycles. The second kappa shape index (κ2) is 8.16. The van der Waals surface area contributed by atoms with Gasteiger partial charge < -0.3 is 40.1 Å². The van der Waals surface area contributed by atoms with Gasteiger partial charge in [-0.05, 0) is 50.9 Å². The van der Waals surface area contributed by atoms with Crippen molar-refractivity contribution in [1.82, 2.24) is 0 Å². The summed E-state index contributed by atoms with van der Waals surface area (Å²) < 4.78 is 11.4. The van der Waals surface area contributed by atoms with Gasteiger partial charge in [-0.25, -0.2) is 0 Å². The zero-order valence-corrected chi connectivity index (χ0v) is 17.4. The van der Waals surface area contributed by atoms with Gasteiger partial charge in [-0.15, -0.1) is 0 Å². The summed E-state index contributed by atoms with van der Waals surface area (Å²) >= 11 is 0. The fraction of sp³-hybridized carbons (Fsp3) is 0.905. The molecule has 0 aromatic heterocycles. The Hall–Kier alpha value is -0.580. The smallest absolute Gasteiger partial charge is 0.187 e. The second-order valence-electron chi connectivity index (χ2n) is 9.75. The second-order valence-corrected chi connectivity index (χ2v) is 9.75. The van der Waals surface area contributed by atoms with Gasteiger partial charge in [0.15, 0.2) is 6.29 Å². The lowest BCUT2D eigenvalue weighted by Crippen LogP contribution is -2.64. The van der Waals surface area contributed by atoms with E-state index in [1.165, 1.54) is 0 Å². The van der Waals surface area contributed by atoms with Gasteiger partial charge in [0, 0.05) is 5.92 Å². The summed E-state index contributed by atoms with van der Waals surface area (Å²) in [6, 6.07) is 0. The molecule has 3 fully saturated rings. The van der Waals surface area contributed by atoms with Crippen molar-refractivity contribution < 1.29 is 40.1 Å². The van der Waals surface area contributed by atoms with E-state index in [-0.39, 0.29) is 17.3 Å². The molecule has 2 aliphatic carbocycles. The van der Waals surface area contributed by atoms with E-state index in [2.05, 4.69) is 13.5 Å². The average molecular weight is 417 g/mol. The van der Waals surface area contributed by atoms with Crippen molar-refractivity contribution in [3.05, 3.63) is 12.2 Å². The van der Waals surface area contributed by atoms with E-state index in [9.17, 15) is 30.6 Å². The fourth-order valence-electron chi connectivity index (χ4n) is 5.73. The third kappa shape index (κ3) is 4.02. The van der Waals surface area contributed by atoms with Crippen LogP contribution in [0.15, 0.2) is 12.2 Å². The molecule has 0 unspecified atom stereocenters. The maximum absolute atomic E-state index is 11.5. The highest BCUT2D eigenvalue weighted by Crippen LogP contribution is 2.57. The Bertz CT molecular complexity index is 607. The Balaban J connectivity index is 1.79. The van der Waals surface area contributed by atoms with E-state index in [1.807, 2.05) is 6.92 Å². The van der Waals surface area contributed by atoms with E-state index >= 15 is 0 Å². The Morgan fingerprint density at radius 2 is 1.79 bits per heavy atom. The molecule has 3 rings (SSSR count). The van der Waals surface area contributed by atoms with Crippen LogP contribution in [0.1, 0.15) is 46.5 Å². The van der Waals surface area contributed by atoms with Crippen LogP contribution in [0.2, 0.25) is 0 Å². The zero-order valence-electron chi connectivity index (χ0n) is 17.4. The molecule has 168 valence electrons. The quantitative estimate of drug-likeness (QED) is 0.271. The Morgan fingerprint density at radius 3 is 2.38 bits per heavy atom. The number of aliphatic hydroxyl groups is 6. The Morgan fingerprint density at radius 1 is 1.14 bits per heavy atom. The lowest BCUT2D eigenvalue weighted by Gasteiger charge is -2.58. The van der Waals surface area contributed by atoms with E-state index < -0.39 is 55.1 Å². The third-order valence-electron chi connectivity index (χ3n) is 7.59. The van der Waals surface area contributed by atoms with Crippen LogP contribution in [0.3, 0.4) is 0 Å². The van der Waals surface area contributed by atoms with Crippen molar-refractivity contribution in [2.75, 3.05) is 6.61 Å². The summed E-state index contributed by atoms with van der Waals surface area (Å²) in [4.78, 5) is 0. The van der Waals surface area contributed by atoms with Crippen molar-refractivity contribution >= 4 is 0 Å². The molecule has 3 aliphatic rings. The highest BCUT2D eigenvalue weighted by molar-refractivity contribution is 5.12. The number of hydrogen-bond donors (Lipinski definition) is 6. The van der Waals surface area contributed by atoms with Gasteiger partial charge in [-0.1, -0.05) is 19.1 Å². The lowest BCUT2D eigenvalue weighted by molar-refractivity contribution is -0.334. The standard InChI is InChI=1S/C21H36O8/c1-10(2)11-7-14-20(3,8-12(11)23)6-5-15(21(14,4)27)29-19-18(26)17(25)16(24)13(9-22)28-19/h11-19,22-27H,1,5-9H2,2-4H3/t11-,12+,13+,14+,15-,16+,17-,18+,19-,20+,21-/m0/s1. The summed E-state index contributed by atoms with van der Waals surface area (Å²) in [5.74, 6) is -0.269. The van der Waals surface area contributed by atoms with Crippen molar-refractivity contribution in [3.8, 4) is 0 Å². The van der Waals surface area contributed by atoms with Crippen molar-refractivity contribution in [2.45, 2.75) is 95.0 Å². The highest BCUT2D eigenvalue weighted by Gasteiger charge is 2.58. The molecule has 2 saturated carbocycles. The summed E-state index contributed by atoms with van der Waals surface area (Å²) in [5, 5.41) is 61.7. The number of aliphatic hydroxyl groups excluding tert-OH is 5.